The Hall–Kier alpha value is -4.01. The lowest BCUT2D eigenvalue weighted by Crippen LogP contribution is -2.35. The third-order valence-electron chi connectivity index (χ3n) is 4.34. The second kappa shape index (κ2) is 8.56. The summed E-state index contributed by atoms with van der Waals surface area (Å²) in [7, 11) is 2.75. The number of benzene rings is 2. The molecule has 1 saturated heterocycles. The minimum Gasteiger partial charge on any atom is -0.502 e. The molecule has 0 aromatic heterocycles. The average Bonchev–Trinajstić information content (AvgIpc) is 3.03. The molecule has 30 heavy (non-hydrogen) atoms. The van der Waals surface area contributed by atoms with Crippen LogP contribution in [0, 0.1) is 0 Å². The van der Waals surface area contributed by atoms with Gasteiger partial charge in [-0.25, -0.2) is 9.80 Å². The average molecular weight is 412 g/mol. The molecule has 1 fully saturated rings. The summed E-state index contributed by atoms with van der Waals surface area (Å²) in [5, 5.41) is 11.1. The molecule has 1 heterocycles. The van der Waals surface area contributed by atoms with Crippen LogP contribution in [-0.2, 0) is 14.3 Å². The minimum absolute atomic E-state index is 0.112. The van der Waals surface area contributed by atoms with Crippen LogP contribution in [0.15, 0.2) is 42.0 Å². The zero-order valence-electron chi connectivity index (χ0n) is 16.6. The number of hydrogen-bond donors (Lipinski definition) is 2. The molecule has 9 nitrogen and oxygen atoms in total. The molecule has 3 rings (SSSR count). The van der Waals surface area contributed by atoms with E-state index < -0.39 is 17.8 Å². The van der Waals surface area contributed by atoms with Crippen molar-refractivity contribution in [2.45, 2.75) is 6.92 Å². The molecule has 2 aromatic rings. The third-order valence-corrected chi connectivity index (χ3v) is 4.34. The molecule has 0 atom stereocenters. The molecule has 156 valence electrons. The molecular weight excluding hydrogens is 392 g/mol. The van der Waals surface area contributed by atoms with Gasteiger partial charge in [-0.2, -0.15) is 0 Å². The Morgan fingerprint density at radius 2 is 1.70 bits per heavy atom. The predicted octanol–water partition coefficient (Wildman–Crippen LogP) is 2.05. The van der Waals surface area contributed by atoms with Crippen LogP contribution in [0.2, 0.25) is 0 Å². The third kappa shape index (κ3) is 3.90. The number of hydrazine groups is 1. The van der Waals surface area contributed by atoms with Gasteiger partial charge in [0, 0.05) is 0 Å². The Morgan fingerprint density at radius 1 is 1.10 bits per heavy atom. The number of methoxy groups -OCH3 is 2. The molecule has 0 saturated carbocycles. The summed E-state index contributed by atoms with van der Waals surface area (Å²) in [5.74, 6) is -1.56. The Kier molecular flexibility index (Phi) is 5.91. The van der Waals surface area contributed by atoms with Gasteiger partial charge in [-0.05, 0) is 55.0 Å². The summed E-state index contributed by atoms with van der Waals surface area (Å²) in [5.41, 5.74) is 3.51. The van der Waals surface area contributed by atoms with Gasteiger partial charge < -0.3 is 19.3 Å². The molecule has 0 aliphatic carbocycles. The van der Waals surface area contributed by atoms with E-state index in [1.54, 1.807) is 6.92 Å². The summed E-state index contributed by atoms with van der Waals surface area (Å²) >= 11 is 0. The number of aromatic hydroxyl groups is 1. The first-order chi connectivity index (χ1) is 14.4. The molecule has 2 aromatic carbocycles. The van der Waals surface area contributed by atoms with E-state index in [1.807, 2.05) is 0 Å². The number of amides is 2. The fourth-order valence-corrected chi connectivity index (χ4v) is 2.86. The number of nitrogens with zero attached hydrogens (tertiary/aromatic N) is 1. The summed E-state index contributed by atoms with van der Waals surface area (Å²) < 4.78 is 15.1. The number of phenolic OH excluding ortho intramolecular Hbond substituents is 1. The van der Waals surface area contributed by atoms with E-state index in [-0.39, 0.29) is 29.4 Å². The zero-order chi connectivity index (χ0) is 21.8. The Labute approximate surface area is 172 Å². The molecule has 0 spiro atoms. The van der Waals surface area contributed by atoms with Crippen LogP contribution in [0.25, 0.3) is 6.08 Å². The number of carbonyl (C=O) groups is 3. The van der Waals surface area contributed by atoms with E-state index in [0.29, 0.717) is 16.8 Å². The monoisotopic (exact) mass is 412 g/mol. The Morgan fingerprint density at radius 3 is 2.23 bits per heavy atom. The maximum Gasteiger partial charge on any atom is 0.338 e. The fourth-order valence-electron chi connectivity index (χ4n) is 2.86. The number of hydrogen-bond acceptors (Lipinski definition) is 7. The van der Waals surface area contributed by atoms with Crippen LogP contribution in [0.1, 0.15) is 22.8 Å². The van der Waals surface area contributed by atoms with E-state index in [1.165, 1.54) is 56.7 Å². The lowest BCUT2D eigenvalue weighted by molar-refractivity contribution is -0.117. The molecule has 1 aliphatic rings. The van der Waals surface area contributed by atoms with Crippen LogP contribution in [0.5, 0.6) is 17.2 Å². The number of carbonyl (C=O) groups excluding carboxylic acids is 3. The first kappa shape index (κ1) is 20.7. The standard InChI is InChI=1S/C21H20N2O7/c1-4-30-21(27)13-5-7-14(8-6-13)23-20(26)15(19(25)22-23)9-12-10-16(28-2)18(24)17(11-12)29-3/h5-11,24H,4H2,1-3H3,(H,22,25)/b15-9-. The lowest BCUT2D eigenvalue weighted by Gasteiger charge is -2.14. The van der Waals surface area contributed by atoms with E-state index in [0.717, 1.165) is 5.01 Å². The zero-order valence-corrected chi connectivity index (χ0v) is 16.6. The maximum atomic E-state index is 12.8. The lowest BCUT2D eigenvalue weighted by atomic mass is 10.1. The van der Waals surface area contributed by atoms with Gasteiger partial charge in [-0.15, -0.1) is 0 Å². The second-order valence-electron chi connectivity index (χ2n) is 6.18. The van der Waals surface area contributed by atoms with Crippen molar-refractivity contribution in [1.82, 2.24) is 5.43 Å². The highest BCUT2D eigenvalue weighted by Gasteiger charge is 2.34. The summed E-state index contributed by atoms with van der Waals surface area (Å²) in [6, 6.07) is 9.01. The molecule has 0 radical (unpaired) electrons. The topological polar surface area (TPSA) is 114 Å². The first-order valence-corrected chi connectivity index (χ1v) is 8.98. The normalized spacial score (nSPS) is 14.6. The highest BCUT2D eigenvalue weighted by molar-refractivity contribution is 6.31. The Bertz CT molecular complexity index is 1000. The van der Waals surface area contributed by atoms with Crippen molar-refractivity contribution in [3.63, 3.8) is 0 Å². The van der Waals surface area contributed by atoms with Gasteiger partial charge in [0.15, 0.2) is 11.5 Å². The molecule has 9 heteroatoms. The van der Waals surface area contributed by atoms with Gasteiger partial charge in [-0.1, -0.05) is 0 Å². The molecule has 2 amide bonds. The van der Waals surface area contributed by atoms with E-state index in [9.17, 15) is 19.5 Å². The predicted molar refractivity (Wildman–Crippen MR) is 107 cm³/mol. The van der Waals surface area contributed by atoms with E-state index in [2.05, 4.69) is 5.43 Å². The van der Waals surface area contributed by atoms with Crippen LogP contribution in [0.3, 0.4) is 0 Å². The maximum absolute atomic E-state index is 12.8. The quantitative estimate of drug-likeness (QED) is 0.424. The molecule has 0 bridgehead atoms. The molecular formula is C21H20N2O7. The van der Waals surface area contributed by atoms with E-state index in [4.69, 9.17) is 14.2 Å². The largest absolute Gasteiger partial charge is 0.502 e. The van der Waals surface area contributed by atoms with Gasteiger partial charge in [0.1, 0.15) is 5.57 Å². The van der Waals surface area contributed by atoms with Crippen molar-refractivity contribution in [1.29, 1.82) is 0 Å². The highest BCUT2D eigenvalue weighted by Crippen LogP contribution is 2.38. The van der Waals surface area contributed by atoms with Crippen molar-refractivity contribution in [2.24, 2.45) is 0 Å². The minimum atomic E-state index is -0.597. The van der Waals surface area contributed by atoms with Gasteiger partial charge in [-0.3, -0.25) is 15.0 Å². The fraction of sp³-hybridized carbons (Fsp3) is 0.190. The molecule has 0 unspecified atom stereocenters. The van der Waals surface area contributed by atoms with Crippen molar-refractivity contribution < 1.29 is 33.7 Å². The van der Waals surface area contributed by atoms with Crippen LogP contribution >= 0.6 is 0 Å². The van der Waals surface area contributed by atoms with Gasteiger partial charge in [0.2, 0.25) is 5.75 Å². The van der Waals surface area contributed by atoms with Gasteiger partial charge in [0.25, 0.3) is 11.8 Å². The van der Waals surface area contributed by atoms with Crippen LogP contribution < -0.4 is 19.9 Å². The van der Waals surface area contributed by atoms with Crippen LogP contribution in [0.4, 0.5) is 5.69 Å². The van der Waals surface area contributed by atoms with Crippen molar-refractivity contribution in [3.05, 3.63) is 53.1 Å². The number of esters is 1. The number of phenols is 1. The number of rotatable bonds is 6. The smallest absolute Gasteiger partial charge is 0.338 e. The summed E-state index contributed by atoms with van der Waals surface area (Å²) in [4.78, 5) is 36.9. The van der Waals surface area contributed by atoms with E-state index >= 15 is 0 Å². The number of nitrogens with one attached hydrogen (secondary N) is 1. The van der Waals surface area contributed by atoms with Gasteiger partial charge >= 0.3 is 5.97 Å². The molecule has 1 aliphatic heterocycles. The van der Waals surface area contributed by atoms with Crippen molar-refractivity contribution >= 4 is 29.5 Å². The van der Waals surface area contributed by atoms with Gasteiger partial charge in [0.05, 0.1) is 32.1 Å². The number of anilines is 1. The van der Waals surface area contributed by atoms with Crippen molar-refractivity contribution in [3.8, 4) is 17.2 Å². The second-order valence-corrected chi connectivity index (χ2v) is 6.18. The molecule has 2 N–H and O–H groups in total. The number of ether oxygens (including phenoxy) is 3. The van der Waals surface area contributed by atoms with Crippen LogP contribution in [-0.4, -0.2) is 43.7 Å². The Balaban J connectivity index is 1.89. The highest BCUT2D eigenvalue weighted by atomic mass is 16.5. The summed E-state index contributed by atoms with van der Waals surface area (Å²) in [6.45, 7) is 1.96. The SMILES string of the molecule is CCOC(=O)c1ccc(N2NC(=O)/C(=C/c3cc(OC)c(O)c(OC)c3)C2=O)cc1. The first-order valence-electron chi connectivity index (χ1n) is 8.98. The van der Waals surface area contributed by atoms with Crippen molar-refractivity contribution in [2.75, 3.05) is 25.8 Å². The summed E-state index contributed by atoms with van der Waals surface area (Å²) in [6.07, 6.45) is 1.37.